The Hall–Kier alpha value is -1.39. The monoisotopic (exact) mass is 434 g/mol. The van der Waals surface area contributed by atoms with Gasteiger partial charge < -0.3 is 14.2 Å². The van der Waals surface area contributed by atoms with Crippen LogP contribution >= 0.6 is 0 Å². The van der Waals surface area contributed by atoms with E-state index in [1.165, 1.54) is 9.21 Å². The molecule has 0 radical (unpaired) electrons. The fourth-order valence-corrected chi connectivity index (χ4v) is 4.67. The second-order valence-electron chi connectivity index (χ2n) is 8.97. The number of carbonyl (C=O) groups is 2. The smallest absolute Gasteiger partial charge is 0.413 e. The Balaban J connectivity index is 1.91. The minimum absolute atomic E-state index is 0.00891. The van der Waals surface area contributed by atoms with Gasteiger partial charge in [-0.05, 0) is 54.4 Å². The summed E-state index contributed by atoms with van der Waals surface area (Å²) in [6.07, 6.45) is 0.347. The van der Waals surface area contributed by atoms with Crippen molar-refractivity contribution in [1.82, 2.24) is 9.21 Å². The Kier molecular flexibility index (Phi) is 7.22. The maximum absolute atomic E-state index is 12.6. The maximum atomic E-state index is 12.6. The van der Waals surface area contributed by atoms with Crippen LogP contribution in [0.1, 0.15) is 54.4 Å². The third-order valence-electron chi connectivity index (χ3n) is 5.13. The molecule has 2 saturated heterocycles. The van der Waals surface area contributed by atoms with Crippen LogP contribution < -0.4 is 0 Å². The van der Waals surface area contributed by atoms with Crippen molar-refractivity contribution in [3.8, 4) is 0 Å². The third-order valence-corrected chi connectivity index (χ3v) is 7.01. The van der Waals surface area contributed by atoms with Crippen LogP contribution in [0, 0.1) is 5.92 Å². The fourth-order valence-electron chi connectivity index (χ4n) is 3.53. The highest BCUT2D eigenvalue weighted by Crippen LogP contribution is 2.30. The van der Waals surface area contributed by atoms with Crippen LogP contribution in [-0.2, 0) is 29.0 Å². The van der Waals surface area contributed by atoms with Crippen LogP contribution in [0.15, 0.2) is 0 Å². The van der Waals surface area contributed by atoms with E-state index in [0.29, 0.717) is 25.9 Å². The van der Waals surface area contributed by atoms with Crippen molar-refractivity contribution in [2.75, 3.05) is 32.1 Å². The highest BCUT2D eigenvalue weighted by Gasteiger charge is 2.46. The van der Waals surface area contributed by atoms with Gasteiger partial charge in [0.25, 0.3) is 0 Å². The number of rotatable bonds is 5. The van der Waals surface area contributed by atoms with Gasteiger partial charge in [0.15, 0.2) is 0 Å². The second-order valence-corrected chi connectivity index (χ2v) is 11.2. The van der Waals surface area contributed by atoms with Gasteiger partial charge in [-0.3, -0.25) is 9.69 Å². The maximum Gasteiger partial charge on any atom is 0.413 e. The molecule has 0 N–H and O–H groups in total. The molecule has 2 aliphatic heterocycles. The quantitative estimate of drug-likeness (QED) is 0.610. The highest BCUT2D eigenvalue weighted by molar-refractivity contribution is 7.89. The summed E-state index contributed by atoms with van der Waals surface area (Å²) >= 11 is 0. The molecule has 9 nitrogen and oxygen atoms in total. The number of piperidine rings is 1. The van der Waals surface area contributed by atoms with Crippen molar-refractivity contribution < 1.29 is 32.2 Å². The molecule has 0 saturated carbocycles. The van der Waals surface area contributed by atoms with E-state index in [2.05, 4.69) is 0 Å². The average molecular weight is 435 g/mol. The SMILES string of the molecule is CCS(=O)(=O)N1CCC(C(=O)OC[C@H]2COC(C)(C)N2C(=O)OC(C)(C)C)CC1. The topological polar surface area (TPSA) is 102 Å². The molecule has 168 valence electrons. The van der Waals surface area contributed by atoms with E-state index < -0.39 is 33.5 Å². The molecule has 2 aliphatic rings. The van der Waals surface area contributed by atoms with E-state index in [9.17, 15) is 18.0 Å². The van der Waals surface area contributed by atoms with Crippen LogP contribution in [0.3, 0.4) is 0 Å². The number of amides is 1. The molecule has 0 aromatic heterocycles. The Morgan fingerprint density at radius 1 is 1.17 bits per heavy atom. The standard InChI is InChI=1S/C19H34N2O7S/c1-7-29(24,25)20-10-8-14(9-11-20)16(22)26-12-15-13-27-19(5,6)21(15)17(23)28-18(2,3)4/h14-15H,7-13H2,1-6H3/t15-/m0/s1. The van der Waals surface area contributed by atoms with Crippen LogP contribution in [0.25, 0.3) is 0 Å². The van der Waals surface area contributed by atoms with E-state index in [0.717, 1.165) is 0 Å². The molecular formula is C19H34N2O7S. The normalized spacial score (nSPS) is 23.8. The molecule has 0 spiro atoms. The average Bonchev–Trinajstić information content (AvgIpc) is 2.92. The summed E-state index contributed by atoms with van der Waals surface area (Å²) in [5.74, 6) is -0.656. The fraction of sp³-hybridized carbons (Fsp3) is 0.895. The molecule has 0 bridgehead atoms. The van der Waals surface area contributed by atoms with Crippen molar-refractivity contribution in [2.24, 2.45) is 5.92 Å². The zero-order chi connectivity index (χ0) is 22.0. The molecule has 2 heterocycles. The third kappa shape index (κ3) is 6.05. The molecule has 0 aromatic rings. The lowest BCUT2D eigenvalue weighted by molar-refractivity contribution is -0.151. The van der Waals surface area contributed by atoms with Crippen LogP contribution in [0.4, 0.5) is 4.79 Å². The molecule has 0 aromatic carbocycles. The first-order chi connectivity index (χ1) is 13.3. The van der Waals surface area contributed by atoms with E-state index in [1.807, 2.05) is 0 Å². The van der Waals surface area contributed by atoms with Gasteiger partial charge in [-0.2, -0.15) is 0 Å². The van der Waals surface area contributed by atoms with Gasteiger partial charge in [-0.15, -0.1) is 0 Å². The van der Waals surface area contributed by atoms with Crippen LogP contribution in [0.5, 0.6) is 0 Å². The molecule has 0 unspecified atom stereocenters. The van der Waals surface area contributed by atoms with E-state index in [-0.39, 0.29) is 30.9 Å². The summed E-state index contributed by atoms with van der Waals surface area (Å²) in [6, 6.07) is -0.440. The van der Waals surface area contributed by atoms with Crippen molar-refractivity contribution in [3.63, 3.8) is 0 Å². The van der Waals surface area contributed by atoms with E-state index in [4.69, 9.17) is 14.2 Å². The van der Waals surface area contributed by atoms with Gasteiger partial charge >= 0.3 is 12.1 Å². The lowest BCUT2D eigenvalue weighted by Crippen LogP contribution is -2.51. The van der Waals surface area contributed by atoms with Crippen molar-refractivity contribution in [2.45, 2.75) is 71.8 Å². The number of nitrogens with zero attached hydrogens (tertiary/aromatic N) is 2. The first kappa shape index (κ1) is 23.9. The molecule has 2 fully saturated rings. The Morgan fingerprint density at radius 2 is 1.76 bits per heavy atom. The first-order valence-electron chi connectivity index (χ1n) is 10.1. The molecular weight excluding hydrogens is 400 g/mol. The number of sulfonamides is 1. The summed E-state index contributed by atoms with van der Waals surface area (Å²) in [7, 11) is -3.23. The molecule has 29 heavy (non-hydrogen) atoms. The second kappa shape index (κ2) is 8.77. The Labute approximate surface area is 173 Å². The minimum atomic E-state index is -3.23. The van der Waals surface area contributed by atoms with Crippen molar-refractivity contribution >= 4 is 22.1 Å². The van der Waals surface area contributed by atoms with E-state index >= 15 is 0 Å². The van der Waals surface area contributed by atoms with Gasteiger partial charge in [0.1, 0.15) is 17.9 Å². The van der Waals surface area contributed by atoms with Gasteiger partial charge in [-0.1, -0.05) is 0 Å². The van der Waals surface area contributed by atoms with E-state index in [1.54, 1.807) is 41.5 Å². The van der Waals surface area contributed by atoms with Gasteiger partial charge in [0, 0.05) is 13.1 Å². The highest BCUT2D eigenvalue weighted by atomic mass is 32.2. The van der Waals surface area contributed by atoms with Crippen LogP contribution in [-0.4, -0.2) is 79.1 Å². The Bertz CT molecular complexity index is 707. The predicted molar refractivity (Wildman–Crippen MR) is 107 cm³/mol. The number of hydrogen-bond donors (Lipinski definition) is 0. The zero-order valence-electron chi connectivity index (χ0n) is 18.3. The summed E-state index contributed by atoms with van der Waals surface area (Å²) in [5.41, 5.74) is -1.51. The molecule has 0 aliphatic carbocycles. The minimum Gasteiger partial charge on any atom is -0.463 e. The summed E-state index contributed by atoms with van der Waals surface area (Å²) < 4.78 is 42.0. The molecule has 1 atom stereocenters. The Morgan fingerprint density at radius 3 is 2.28 bits per heavy atom. The largest absolute Gasteiger partial charge is 0.463 e. The lowest BCUT2D eigenvalue weighted by atomic mass is 9.98. The molecule has 10 heteroatoms. The van der Waals surface area contributed by atoms with Gasteiger partial charge in [0.2, 0.25) is 10.0 Å². The predicted octanol–water partition coefficient (Wildman–Crippen LogP) is 1.96. The number of hydrogen-bond acceptors (Lipinski definition) is 7. The lowest BCUT2D eigenvalue weighted by Gasteiger charge is -2.35. The number of ether oxygens (including phenoxy) is 3. The zero-order valence-corrected chi connectivity index (χ0v) is 19.1. The van der Waals surface area contributed by atoms with Gasteiger partial charge in [0.05, 0.1) is 24.3 Å². The first-order valence-corrected chi connectivity index (χ1v) is 11.7. The van der Waals surface area contributed by atoms with Gasteiger partial charge in [-0.25, -0.2) is 17.5 Å². The van der Waals surface area contributed by atoms with Crippen molar-refractivity contribution in [3.05, 3.63) is 0 Å². The number of carbonyl (C=O) groups excluding carboxylic acids is 2. The summed E-state index contributed by atoms with van der Waals surface area (Å²) in [6.45, 7) is 11.4. The molecule has 2 rings (SSSR count). The van der Waals surface area contributed by atoms with Crippen molar-refractivity contribution in [1.29, 1.82) is 0 Å². The molecule has 1 amide bonds. The summed E-state index contributed by atoms with van der Waals surface area (Å²) in [4.78, 5) is 26.6. The number of esters is 1. The van der Waals surface area contributed by atoms with Crippen LogP contribution in [0.2, 0.25) is 0 Å². The summed E-state index contributed by atoms with van der Waals surface area (Å²) in [5, 5.41) is 0.